The first kappa shape index (κ1) is 115. The van der Waals surface area contributed by atoms with Gasteiger partial charge in [0.25, 0.3) is 0 Å². The highest BCUT2D eigenvalue weighted by molar-refractivity contribution is 6.02. The number of carboxylic acid groups (broad SMARTS) is 1. The molecular formula is C89H136N26O24. The summed E-state index contributed by atoms with van der Waals surface area (Å²) >= 11 is 0. The number of guanidine groups is 1. The molecule has 0 bridgehead atoms. The number of rotatable bonds is 47. The fourth-order valence-electron chi connectivity index (χ4n) is 14.6. The summed E-state index contributed by atoms with van der Waals surface area (Å²) in [6, 6.07) is -12.7. The van der Waals surface area contributed by atoms with E-state index in [0.717, 1.165) is 0 Å². The van der Waals surface area contributed by atoms with E-state index in [4.69, 9.17) is 28.3 Å². The van der Waals surface area contributed by atoms with Crippen LogP contribution in [0.2, 0.25) is 0 Å². The van der Waals surface area contributed by atoms with Gasteiger partial charge in [0.05, 0.1) is 39.1 Å². The number of benzene rings is 2. The number of aromatic nitrogens is 3. The number of H-pyrrole nitrogens is 2. The molecule has 4 aromatic rings. The Morgan fingerprint density at radius 3 is 1.70 bits per heavy atom. The lowest BCUT2D eigenvalue weighted by molar-refractivity contribution is -0.143. The Kier molecular flexibility index (Phi) is 47.6. The van der Waals surface area contributed by atoms with Crippen LogP contribution < -0.4 is 119 Å². The van der Waals surface area contributed by atoms with Crippen molar-refractivity contribution < 1.29 is 116 Å². The number of phenolic OH excluding ortho intramolecular Hbond substituents is 1. The minimum absolute atomic E-state index is 0.0319. The number of aliphatic hydroxyl groups is 2. The van der Waals surface area contributed by atoms with E-state index in [9.17, 15) is 97.1 Å². The zero-order chi connectivity index (χ0) is 104. The molecule has 1 saturated heterocycles. The standard InChI is InChI=1S/C89H136N26O24/c1-11-47(10)73(87(137)106-57(88(138)139)19-14-15-29-90)115-86(136)72(46(8)9)114-81(131)62(35-66(92)120)109-83(133)64(41-117)111-78(128)61(34-50-37-95-42-100-50)101-69(123)39-99-84(134)70(44(4)5)112-80(130)60(33-49-36-97-53-18-13-12-17-52(49)53)108-76(126)56-26-28-67(121)98-38-68(122)102-63(40-116)82(132)105-55(25-27-65(91)119)75(125)107-58(31-43(2)3)79(129)113-71(45(6)7)85(135)110-59(32-48-21-23-51(118)24-22-48)77(127)103-54(74(124)104-56)20-16-30-96-89(93)94/h12-13,17-18,21-24,36-37,42-47,54-64,70-73,97,116-118H,11,14-16,19-20,25-35,38-41,90H2,1-10H3,(H2,91,119)(H2,92,120)(H,95,100)(H,98,121)(H,99,134)(H,101,123)(H,102,122)(H,103,127)(H,104,124)(H,105,132)(H,106,137)(H,107,125)(H,108,126)(H,109,133)(H,110,135)(H,111,128)(H,112,130)(H,113,129)(H,114,131)(H,115,136)(H,138,139)(H4,93,94,96)/t47-,54-,55-,56?,57-,58-,59-,60-,61-,62-,63-,64-,70-,71-,72-,73-/m0/s1. The number of primary amides is 2. The van der Waals surface area contributed by atoms with Gasteiger partial charge in [-0.2, -0.15) is 0 Å². The monoisotopic (exact) mass is 1950 g/mol. The second-order valence-electron chi connectivity index (χ2n) is 35.4. The van der Waals surface area contributed by atoms with Crippen LogP contribution in [-0.2, 0) is 115 Å². The van der Waals surface area contributed by atoms with Crippen molar-refractivity contribution in [1.82, 2.24) is 111 Å². The number of hydrogen-bond donors (Lipinski definition) is 29. The number of aromatic hydroxyl groups is 1. The molecular weight excluding hydrogens is 1820 g/mol. The molecule has 0 spiro atoms. The van der Waals surface area contributed by atoms with Crippen molar-refractivity contribution >= 4 is 135 Å². The van der Waals surface area contributed by atoms with Crippen molar-refractivity contribution in [3.05, 3.63) is 84.1 Å². The van der Waals surface area contributed by atoms with E-state index < -0.39 is 310 Å². The summed E-state index contributed by atoms with van der Waals surface area (Å²) in [6.45, 7) is 11.9. The van der Waals surface area contributed by atoms with E-state index in [2.05, 4.69) is 111 Å². The second-order valence-corrected chi connectivity index (χ2v) is 35.4. The second kappa shape index (κ2) is 57.5. The van der Waals surface area contributed by atoms with Crippen LogP contribution in [0, 0.1) is 35.0 Å². The summed E-state index contributed by atoms with van der Waals surface area (Å²) < 4.78 is 0. The van der Waals surface area contributed by atoms with E-state index >= 15 is 19.2 Å². The lowest BCUT2D eigenvalue weighted by atomic mass is 9.95. The van der Waals surface area contributed by atoms with E-state index in [1.807, 2.05) is 0 Å². The molecule has 139 heavy (non-hydrogen) atoms. The number of nitrogens with two attached hydrogens (primary N) is 4. The third-order valence-corrected chi connectivity index (χ3v) is 22.6. The van der Waals surface area contributed by atoms with Gasteiger partial charge in [-0.1, -0.05) is 106 Å². The Labute approximate surface area is 801 Å². The average molecular weight is 1950 g/mol. The Morgan fingerprint density at radius 2 is 1.11 bits per heavy atom. The Hall–Kier alpha value is -14.5. The number of carbonyl (C=O) groups is 20. The molecule has 19 amide bonds. The molecule has 50 nitrogen and oxygen atoms in total. The number of unbranched alkanes of at least 4 members (excludes halogenated alkanes) is 1. The SMILES string of the molecule is CC[C@H](C)[C@H](NC(=O)[C@@H](NC(=O)[C@H](CC(N)=O)NC(=O)[C@H](CO)NC(=O)[C@H](Cc1cnc[nH]1)NC(=O)CNC(=O)[C@@H](NC(=O)[C@H](Cc1c[nH]c2ccccc12)NC(=O)C1CCC(=O)NCC(=O)N[C@@H](CO)C(=O)N[C@@H](CCC(N)=O)C(=O)N[C@@H](CC(C)C)C(=O)N[C@@H](C(C)C)C(=O)N[C@@H](Cc2ccc(O)cc2)C(=O)N[C@@H](CCCNC(=N)N)C(=O)N1)C(C)C)C(C)C)C(=O)N[C@@H](CCCCN)C(=O)O. The fourth-order valence-corrected chi connectivity index (χ4v) is 14.6. The molecule has 50 heteroatoms. The predicted octanol–water partition coefficient (Wildman–Crippen LogP) is -7.41. The van der Waals surface area contributed by atoms with Crippen molar-refractivity contribution in [2.75, 3.05) is 39.4 Å². The zero-order valence-electron chi connectivity index (χ0n) is 79.5. The van der Waals surface area contributed by atoms with Crippen LogP contribution in [-0.4, -0.2) is 290 Å². The number of aromatic amines is 2. The first-order chi connectivity index (χ1) is 65.7. The molecule has 16 atom stereocenters. The van der Waals surface area contributed by atoms with E-state index in [1.165, 1.54) is 70.7 Å². The van der Waals surface area contributed by atoms with Crippen molar-refractivity contribution in [2.24, 2.45) is 52.5 Å². The number of nitrogens with one attached hydrogen (secondary N) is 21. The number of fused-ring (bicyclic) bond motifs is 1. The topological polar surface area (TPSA) is 811 Å². The molecule has 2 aromatic carbocycles. The highest BCUT2D eigenvalue weighted by Gasteiger charge is 2.41. The van der Waals surface area contributed by atoms with Crippen molar-refractivity contribution in [1.29, 1.82) is 5.41 Å². The summed E-state index contributed by atoms with van der Waals surface area (Å²) in [6.07, 6.45) is 0.174. The molecule has 33 N–H and O–H groups in total. The van der Waals surface area contributed by atoms with Crippen LogP contribution in [0.1, 0.15) is 163 Å². The molecule has 1 unspecified atom stereocenters. The van der Waals surface area contributed by atoms with Gasteiger partial charge in [-0.3, -0.25) is 96.5 Å². The number of para-hydroxylation sites is 1. The Morgan fingerprint density at radius 1 is 0.547 bits per heavy atom. The smallest absolute Gasteiger partial charge is 0.326 e. The molecule has 1 aliphatic rings. The predicted molar refractivity (Wildman–Crippen MR) is 500 cm³/mol. The number of phenols is 1. The summed E-state index contributed by atoms with van der Waals surface area (Å²) in [5.41, 5.74) is 23.6. The number of amides is 19. The minimum Gasteiger partial charge on any atom is -0.508 e. The maximum Gasteiger partial charge on any atom is 0.326 e. The lowest BCUT2D eigenvalue weighted by Gasteiger charge is -2.30. The molecule has 1 aliphatic heterocycles. The van der Waals surface area contributed by atoms with Crippen LogP contribution in [0.3, 0.4) is 0 Å². The highest BCUT2D eigenvalue weighted by Crippen LogP contribution is 2.22. The van der Waals surface area contributed by atoms with E-state index in [1.54, 1.807) is 65.8 Å². The number of nitrogens with zero attached hydrogens (tertiary/aromatic N) is 1. The van der Waals surface area contributed by atoms with Crippen molar-refractivity contribution in [3.8, 4) is 5.75 Å². The molecule has 766 valence electrons. The van der Waals surface area contributed by atoms with Gasteiger partial charge in [0.15, 0.2) is 5.96 Å². The number of aliphatic carboxylic acids is 1. The van der Waals surface area contributed by atoms with Crippen LogP contribution >= 0.6 is 0 Å². The van der Waals surface area contributed by atoms with E-state index in [0.29, 0.717) is 41.3 Å². The zero-order valence-corrected chi connectivity index (χ0v) is 79.5. The van der Waals surface area contributed by atoms with Gasteiger partial charge in [0.2, 0.25) is 112 Å². The van der Waals surface area contributed by atoms with Crippen LogP contribution in [0.25, 0.3) is 10.9 Å². The first-order valence-corrected chi connectivity index (χ1v) is 45.8. The molecule has 3 heterocycles. The van der Waals surface area contributed by atoms with Gasteiger partial charge in [-0.25, -0.2) is 9.78 Å². The third-order valence-electron chi connectivity index (χ3n) is 22.6. The van der Waals surface area contributed by atoms with Gasteiger partial charge in [-0.15, -0.1) is 0 Å². The first-order valence-electron chi connectivity index (χ1n) is 45.8. The van der Waals surface area contributed by atoms with Crippen molar-refractivity contribution in [3.63, 3.8) is 0 Å². The van der Waals surface area contributed by atoms with Crippen LogP contribution in [0.15, 0.2) is 67.3 Å². The number of carbonyl (C=O) groups excluding carboxylic acids is 19. The molecule has 0 aliphatic carbocycles. The number of aliphatic hydroxyl groups excluding tert-OH is 2. The molecule has 1 fully saturated rings. The van der Waals surface area contributed by atoms with Gasteiger partial charge >= 0.3 is 5.97 Å². The summed E-state index contributed by atoms with van der Waals surface area (Å²) in [5.74, 6) is -25.7. The van der Waals surface area contributed by atoms with Crippen LogP contribution in [0.5, 0.6) is 5.75 Å². The van der Waals surface area contributed by atoms with Gasteiger partial charge in [0.1, 0.15) is 96.4 Å². The normalized spacial score (nSPS) is 19.3. The quantitative estimate of drug-likeness (QED) is 0.0111. The minimum atomic E-state index is -1.97. The highest BCUT2D eigenvalue weighted by atomic mass is 16.4. The third kappa shape index (κ3) is 38.9. The molecule has 0 radical (unpaired) electrons. The maximum absolute atomic E-state index is 15.4. The van der Waals surface area contributed by atoms with Gasteiger partial charge in [-0.05, 0) is 117 Å². The molecule has 0 saturated carbocycles. The van der Waals surface area contributed by atoms with Crippen LogP contribution in [0.4, 0.5) is 0 Å². The Balaban J connectivity index is 1.49. The number of imidazole rings is 1. The number of hydrogen-bond acceptors (Lipinski definition) is 26. The lowest BCUT2D eigenvalue weighted by Crippen LogP contribution is -2.62. The molecule has 5 rings (SSSR count). The summed E-state index contributed by atoms with van der Waals surface area (Å²) in [4.78, 5) is 292. The summed E-state index contributed by atoms with van der Waals surface area (Å²) in [7, 11) is 0. The van der Waals surface area contributed by atoms with Crippen molar-refractivity contribution in [2.45, 2.75) is 256 Å². The van der Waals surface area contributed by atoms with Gasteiger partial charge in [0, 0.05) is 67.6 Å². The summed E-state index contributed by atoms with van der Waals surface area (Å²) in [5, 5.41) is 94.2. The number of carboxylic acids is 1. The van der Waals surface area contributed by atoms with E-state index in [-0.39, 0.29) is 62.6 Å². The molecule has 2 aromatic heterocycles. The Bertz CT molecular complexity index is 4910. The van der Waals surface area contributed by atoms with Gasteiger partial charge < -0.3 is 149 Å². The fraction of sp³-hybridized carbons (Fsp3) is 0.573. The largest absolute Gasteiger partial charge is 0.508 e. The average Bonchev–Trinajstić information content (AvgIpc) is 1.70. The maximum atomic E-state index is 15.4.